The van der Waals surface area contributed by atoms with Crippen LogP contribution in [0.15, 0.2) is 42.5 Å². The molecule has 0 spiro atoms. The fourth-order valence-corrected chi connectivity index (χ4v) is 6.49. The first-order valence-corrected chi connectivity index (χ1v) is 14.1. The Kier molecular flexibility index (Phi) is 9.30. The summed E-state index contributed by atoms with van der Waals surface area (Å²) >= 11 is 5.82. The van der Waals surface area contributed by atoms with Crippen molar-refractivity contribution in [3.05, 3.63) is 58.9 Å². The molecule has 0 aliphatic heterocycles. The highest BCUT2D eigenvalue weighted by molar-refractivity contribution is 6.30. The Morgan fingerprint density at radius 2 is 1.24 bits per heavy atom. The van der Waals surface area contributed by atoms with Gasteiger partial charge in [0, 0.05) is 0 Å². The van der Waals surface area contributed by atoms with Gasteiger partial charge in [-0.2, -0.15) is 0 Å². The number of halogens is 2. The van der Waals surface area contributed by atoms with Crippen LogP contribution < -0.4 is 0 Å². The van der Waals surface area contributed by atoms with Crippen LogP contribution in [0.3, 0.4) is 0 Å². The fourth-order valence-electron chi connectivity index (χ4n) is 6.37. The third kappa shape index (κ3) is 7.08. The number of rotatable bonds is 9. The van der Waals surface area contributed by atoms with Gasteiger partial charge < -0.3 is 0 Å². The molecule has 2 fully saturated rings. The number of benzene rings is 2. The minimum absolute atomic E-state index is 0.183. The molecule has 2 aliphatic rings. The van der Waals surface area contributed by atoms with Crippen molar-refractivity contribution in [3.63, 3.8) is 0 Å². The molecule has 0 aromatic heterocycles. The average molecular weight is 469 g/mol. The molecule has 180 valence electrons. The van der Waals surface area contributed by atoms with Gasteiger partial charge in [-0.3, -0.25) is 0 Å². The summed E-state index contributed by atoms with van der Waals surface area (Å²) in [4.78, 5) is 0. The van der Waals surface area contributed by atoms with E-state index in [4.69, 9.17) is 11.6 Å². The van der Waals surface area contributed by atoms with Gasteiger partial charge in [0.15, 0.2) is 0 Å². The standard InChI is InChI=1S/C31H42ClF/c1-2-3-4-5-23-6-8-24(9-7-23)10-11-25-12-14-26(15-13-25)27-16-18-28(19-17-27)29-20-21-30(32)31(33)22-29/h16-26H,2-15H2,1H3/t23-,24-,25?,26?. The van der Waals surface area contributed by atoms with Crippen LogP contribution in [-0.4, -0.2) is 0 Å². The first kappa shape index (κ1) is 24.8. The van der Waals surface area contributed by atoms with Crippen LogP contribution in [0.5, 0.6) is 0 Å². The average Bonchev–Trinajstić information content (AvgIpc) is 2.86. The normalized spacial score (nSPS) is 25.8. The van der Waals surface area contributed by atoms with E-state index < -0.39 is 0 Å². The zero-order valence-electron chi connectivity index (χ0n) is 20.5. The molecule has 0 nitrogen and oxygen atoms in total. The van der Waals surface area contributed by atoms with Crippen LogP contribution in [0.25, 0.3) is 11.1 Å². The smallest absolute Gasteiger partial charge is 0.142 e. The summed E-state index contributed by atoms with van der Waals surface area (Å²) in [6, 6.07) is 13.9. The van der Waals surface area contributed by atoms with Gasteiger partial charge in [-0.05, 0) is 78.2 Å². The van der Waals surface area contributed by atoms with Gasteiger partial charge >= 0.3 is 0 Å². The number of hydrogen-bond acceptors (Lipinski definition) is 0. The number of hydrogen-bond donors (Lipinski definition) is 0. The van der Waals surface area contributed by atoms with Crippen LogP contribution in [0.2, 0.25) is 5.02 Å². The van der Waals surface area contributed by atoms with Gasteiger partial charge in [0.25, 0.3) is 0 Å². The first-order valence-electron chi connectivity index (χ1n) is 13.7. The maximum atomic E-state index is 13.8. The van der Waals surface area contributed by atoms with Gasteiger partial charge in [-0.25, -0.2) is 4.39 Å². The van der Waals surface area contributed by atoms with E-state index in [0.717, 1.165) is 28.9 Å². The highest BCUT2D eigenvalue weighted by Gasteiger charge is 2.25. The molecule has 0 bridgehead atoms. The van der Waals surface area contributed by atoms with Crippen LogP contribution in [0.4, 0.5) is 4.39 Å². The van der Waals surface area contributed by atoms with Crippen molar-refractivity contribution in [2.75, 3.05) is 0 Å². The monoisotopic (exact) mass is 468 g/mol. The lowest BCUT2D eigenvalue weighted by molar-refractivity contribution is 0.222. The quantitative estimate of drug-likeness (QED) is 0.321. The molecule has 0 unspecified atom stereocenters. The third-order valence-electron chi connectivity index (χ3n) is 8.65. The molecule has 0 amide bonds. The maximum Gasteiger partial charge on any atom is 0.142 e. The summed E-state index contributed by atoms with van der Waals surface area (Å²) in [5.74, 6) is 3.33. The maximum absolute atomic E-state index is 13.8. The molecule has 2 aromatic rings. The summed E-state index contributed by atoms with van der Waals surface area (Å²) in [7, 11) is 0. The van der Waals surface area contributed by atoms with Crippen molar-refractivity contribution in [2.24, 2.45) is 17.8 Å². The summed E-state index contributed by atoms with van der Waals surface area (Å²) < 4.78 is 13.8. The molecule has 2 aliphatic carbocycles. The third-order valence-corrected chi connectivity index (χ3v) is 8.95. The van der Waals surface area contributed by atoms with Crippen LogP contribution >= 0.6 is 11.6 Å². The predicted molar refractivity (Wildman–Crippen MR) is 140 cm³/mol. The van der Waals surface area contributed by atoms with E-state index >= 15 is 0 Å². The van der Waals surface area contributed by atoms with Gasteiger partial charge in [-0.1, -0.05) is 113 Å². The lowest BCUT2D eigenvalue weighted by Crippen LogP contribution is -2.17. The topological polar surface area (TPSA) is 0 Å². The highest BCUT2D eigenvalue weighted by atomic mass is 35.5. The van der Waals surface area contributed by atoms with Crippen molar-refractivity contribution in [2.45, 2.75) is 103 Å². The van der Waals surface area contributed by atoms with Gasteiger partial charge in [0.1, 0.15) is 5.82 Å². The van der Waals surface area contributed by atoms with Crippen LogP contribution in [-0.2, 0) is 0 Å². The van der Waals surface area contributed by atoms with Gasteiger partial charge in [0.05, 0.1) is 5.02 Å². The van der Waals surface area contributed by atoms with Crippen molar-refractivity contribution >= 4 is 11.6 Å². The zero-order valence-corrected chi connectivity index (χ0v) is 21.3. The fraction of sp³-hybridized carbons (Fsp3) is 0.613. The predicted octanol–water partition coefficient (Wildman–Crippen LogP) is 10.6. The molecule has 0 saturated heterocycles. The minimum Gasteiger partial charge on any atom is -0.205 e. The molecule has 0 N–H and O–H groups in total. The molecule has 4 rings (SSSR count). The van der Waals surface area contributed by atoms with E-state index in [1.165, 1.54) is 102 Å². The molecule has 0 radical (unpaired) electrons. The van der Waals surface area contributed by atoms with Crippen molar-refractivity contribution in [1.29, 1.82) is 0 Å². The molecule has 2 saturated carbocycles. The molecule has 2 heteroatoms. The largest absolute Gasteiger partial charge is 0.205 e. The highest BCUT2D eigenvalue weighted by Crippen LogP contribution is 2.40. The SMILES string of the molecule is CCCCC[C@H]1CC[C@H](CCC2CCC(c3ccc(-c4ccc(Cl)c(F)c4)cc3)CC2)CC1. The van der Waals surface area contributed by atoms with Crippen molar-refractivity contribution in [1.82, 2.24) is 0 Å². The van der Waals surface area contributed by atoms with E-state index in [1.807, 2.05) is 6.07 Å². The molecule has 33 heavy (non-hydrogen) atoms. The summed E-state index contributed by atoms with van der Waals surface area (Å²) in [6.07, 6.45) is 20.1. The van der Waals surface area contributed by atoms with E-state index in [9.17, 15) is 4.39 Å². The Balaban J connectivity index is 1.18. The Morgan fingerprint density at radius 1 is 0.697 bits per heavy atom. The lowest BCUT2D eigenvalue weighted by atomic mass is 9.74. The Hall–Kier alpha value is -1.34. The van der Waals surface area contributed by atoms with Crippen molar-refractivity contribution < 1.29 is 4.39 Å². The Labute approximate surface area is 206 Å². The minimum atomic E-state index is -0.350. The zero-order chi connectivity index (χ0) is 23.0. The second-order valence-corrected chi connectivity index (χ2v) is 11.3. The molecule has 0 heterocycles. The van der Waals surface area contributed by atoms with E-state index in [-0.39, 0.29) is 10.8 Å². The second kappa shape index (κ2) is 12.4. The molecule has 2 aromatic carbocycles. The second-order valence-electron chi connectivity index (χ2n) is 10.9. The van der Waals surface area contributed by atoms with E-state index in [0.29, 0.717) is 5.92 Å². The van der Waals surface area contributed by atoms with E-state index in [2.05, 4.69) is 31.2 Å². The lowest BCUT2D eigenvalue weighted by Gasteiger charge is -2.32. The van der Waals surface area contributed by atoms with Gasteiger partial charge in [-0.15, -0.1) is 0 Å². The van der Waals surface area contributed by atoms with E-state index in [1.54, 1.807) is 6.07 Å². The Morgan fingerprint density at radius 3 is 1.82 bits per heavy atom. The van der Waals surface area contributed by atoms with Gasteiger partial charge in [0.2, 0.25) is 0 Å². The molecular weight excluding hydrogens is 427 g/mol. The molecule has 0 atom stereocenters. The van der Waals surface area contributed by atoms with Crippen LogP contribution in [0, 0.1) is 23.6 Å². The summed E-state index contributed by atoms with van der Waals surface area (Å²) in [5, 5.41) is 0.183. The van der Waals surface area contributed by atoms with Crippen LogP contribution in [0.1, 0.15) is 108 Å². The van der Waals surface area contributed by atoms with Crippen molar-refractivity contribution in [3.8, 4) is 11.1 Å². The summed E-state index contributed by atoms with van der Waals surface area (Å²) in [6.45, 7) is 2.31. The molecular formula is C31H42ClF. The number of unbranched alkanes of at least 4 members (excludes halogenated alkanes) is 2. The first-order chi connectivity index (χ1) is 16.1. The summed E-state index contributed by atoms with van der Waals surface area (Å²) in [5.41, 5.74) is 3.40. The Bertz CT molecular complexity index is 842.